The summed E-state index contributed by atoms with van der Waals surface area (Å²) >= 11 is 0. The predicted molar refractivity (Wildman–Crippen MR) is 110 cm³/mol. The number of carbonyl (C=O) groups excluding carboxylic acids is 1. The van der Waals surface area contributed by atoms with E-state index >= 15 is 0 Å². The topological polar surface area (TPSA) is 60.9 Å². The van der Waals surface area contributed by atoms with Crippen molar-refractivity contribution >= 4 is 17.6 Å². The molecule has 1 spiro atoms. The summed E-state index contributed by atoms with van der Waals surface area (Å²) in [6.45, 7) is 4.29. The van der Waals surface area contributed by atoms with Crippen molar-refractivity contribution < 1.29 is 14.7 Å². The molecule has 3 fully saturated rings. The van der Waals surface area contributed by atoms with Crippen molar-refractivity contribution in [2.45, 2.75) is 70.3 Å². The van der Waals surface area contributed by atoms with Crippen molar-refractivity contribution in [2.75, 3.05) is 24.5 Å². The Morgan fingerprint density at radius 3 is 2.36 bits per heavy atom. The lowest BCUT2D eigenvalue weighted by Gasteiger charge is -2.40. The molecule has 1 unspecified atom stereocenters. The summed E-state index contributed by atoms with van der Waals surface area (Å²) in [5, 5.41) is 9.60. The van der Waals surface area contributed by atoms with Gasteiger partial charge >= 0.3 is 5.97 Å². The monoisotopic (exact) mass is 384 g/mol. The van der Waals surface area contributed by atoms with Crippen molar-refractivity contribution in [3.63, 3.8) is 0 Å². The molecule has 1 amide bonds. The van der Waals surface area contributed by atoms with Crippen LogP contribution in [0, 0.1) is 5.41 Å². The van der Waals surface area contributed by atoms with E-state index in [0.717, 1.165) is 50.3 Å². The van der Waals surface area contributed by atoms with Crippen LogP contribution < -0.4 is 4.90 Å². The third-order valence-electron chi connectivity index (χ3n) is 7.08. The first-order chi connectivity index (χ1) is 13.5. The van der Waals surface area contributed by atoms with Gasteiger partial charge in [-0.1, -0.05) is 31.9 Å². The van der Waals surface area contributed by atoms with Crippen LogP contribution in [0.3, 0.4) is 0 Å². The second-order valence-corrected chi connectivity index (χ2v) is 8.89. The number of rotatable bonds is 7. The average Bonchev–Trinajstić information content (AvgIpc) is 3.50. The van der Waals surface area contributed by atoms with E-state index in [1.807, 2.05) is 4.90 Å². The minimum absolute atomic E-state index is 0.242. The van der Waals surface area contributed by atoms with Crippen LogP contribution in [0.2, 0.25) is 0 Å². The molecule has 0 radical (unpaired) electrons. The minimum atomic E-state index is -0.723. The third-order valence-corrected chi connectivity index (χ3v) is 7.08. The number of unbranched alkanes of at least 4 members (excludes halogenated alkanes) is 1. The van der Waals surface area contributed by atoms with Gasteiger partial charge in [-0.2, -0.15) is 0 Å². The van der Waals surface area contributed by atoms with Crippen LogP contribution in [0.15, 0.2) is 24.3 Å². The quantitative estimate of drug-likeness (QED) is 0.771. The Bertz CT molecular complexity index is 718. The molecular formula is C23H32N2O3. The molecule has 1 aromatic carbocycles. The Kier molecular flexibility index (Phi) is 5.46. The van der Waals surface area contributed by atoms with E-state index in [1.54, 1.807) is 0 Å². The number of amides is 1. The van der Waals surface area contributed by atoms with Crippen LogP contribution in [0.25, 0.3) is 0 Å². The number of benzene rings is 1. The van der Waals surface area contributed by atoms with Crippen LogP contribution in [-0.4, -0.2) is 47.6 Å². The Balaban J connectivity index is 1.40. The summed E-state index contributed by atoms with van der Waals surface area (Å²) in [6.07, 6.45) is 7.66. The summed E-state index contributed by atoms with van der Waals surface area (Å²) in [4.78, 5) is 29.0. The van der Waals surface area contributed by atoms with Crippen molar-refractivity contribution in [1.29, 1.82) is 0 Å². The summed E-state index contributed by atoms with van der Waals surface area (Å²) in [6, 6.07) is 8.16. The zero-order chi connectivity index (χ0) is 19.7. The lowest BCUT2D eigenvalue weighted by Crippen LogP contribution is -2.50. The van der Waals surface area contributed by atoms with Gasteiger partial charge in [0, 0.05) is 25.3 Å². The standard InChI is InChI=1S/C23H32N2O3/c1-2-3-4-20(21(26)27)24-14-11-23(12-15-24)13-16-25(22(23)28)19-9-7-18(8-10-19)17-5-6-17/h7-10,17,20H,2-6,11-16H2,1H3,(H,26,27). The maximum Gasteiger partial charge on any atom is 0.320 e. The number of piperidine rings is 1. The van der Waals surface area contributed by atoms with Crippen molar-refractivity contribution in [2.24, 2.45) is 5.41 Å². The van der Waals surface area contributed by atoms with Gasteiger partial charge in [-0.25, -0.2) is 0 Å². The fraction of sp³-hybridized carbons (Fsp3) is 0.652. The summed E-state index contributed by atoms with van der Waals surface area (Å²) in [5.41, 5.74) is 2.12. The fourth-order valence-electron chi connectivity index (χ4n) is 5.00. The Morgan fingerprint density at radius 2 is 1.79 bits per heavy atom. The Labute approximate surface area is 167 Å². The smallest absolute Gasteiger partial charge is 0.320 e. The van der Waals surface area contributed by atoms with E-state index < -0.39 is 12.0 Å². The molecule has 1 atom stereocenters. The predicted octanol–water partition coefficient (Wildman–Crippen LogP) is 4.03. The molecule has 0 bridgehead atoms. The van der Waals surface area contributed by atoms with Crippen LogP contribution >= 0.6 is 0 Å². The molecule has 5 nitrogen and oxygen atoms in total. The van der Waals surface area contributed by atoms with E-state index in [1.165, 1.54) is 18.4 Å². The highest BCUT2D eigenvalue weighted by Crippen LogP contribution is 2.44. The minimum Gasteiger partial charge on any atom is -0.480 e. The summed E-state index contributed by atoms with van der Waals surface area (Å²) in [5.74, 6) is 0.250. The molecule has 1 N–H and O–H groups in total. The highest BCUT2D eigenvalue weighted by molar-refractivity contribution is 6.00. The number of anilines is 1. The lowest BCUT2D eigenvalue weighted by atomic mass is 9.76. The number of nitrogens with zero attached hydrogens (tertiary/aromatic N) is 2. The number of aliphatic carboxylic acids is 1. The normalized spacial score (nSPS) is 23.3. The second kappa shape index (κ2) is 7.86. The van der Waals surface area contributed by atoms with Crippen LogP contribution in [0.5, 0.6) is 0 Å². The third kappa shape index (κ3) is 3.69. The van der Waals surface area contributed by atoms with Crippen molar-refractivity contribution in [3.05, 3.63) is 29.8 Å². The number of likely N-dealkylation sites (tertiary alicyclic amines) is 1. The Morgan fingerprint density at radius 1 is 1.14 bits per heavy atom. The van der Waals surface area contributed by atoms with Gasteiger partial charge in [0.15, 0.2) is 0 Å². The Hall–Kier alpha value is -1.88. The number of carboxylic acid groups (broad SMARTS) is 1. The van der Waals surface area contributed by atoms with E-state index in [0.29, 0.717) is 19.5 Å². The zero-order valence-electron chi connectivity index (χ0n) is 16.9. The molecule has 28 heavy (non-hydrogen) atoms. The number of hydrogen-bond donors (Lipinski definition) is 1. The molecule has 2 heterocycles. The molecule has 0 aromatic heterocycles. The maximum atomic E-state index is 13.3. The molecule has 3 aliphatic rings. The van der Waals surface area contributed by atoms with Gasteiger partial charge in [-0.05, 0) is 62.1 Å². The molecule has 1 aliphatic carbocycles. The first-order valence-corrected chi connectivity index (χ1v) is 10.9. The largest absolute Gasteiger partial charge is 0.480 e. The zero-order valence-corrected chi connectivity index (χ0v) is 16.9. The molecule has 2 aliphatic heterocycles. The fourth-order valence-corrected chi connectivity index (χ4v) is 5.00. The summed E-state index contributed by atoms with van der Waals surface area (Å²) < 4.78 is 0. The van der Waals surface area contributed by atoms with Gasteiger partial charge in [0.05, 0.1) is 5.41 Å². The molecule has 4 rings (SSSR count). The van der Waals surface area contributed by atoms with Gasteiger partial charge in [0.25, 0.3) is 0 Å². The van der Waals surface area contributed by atoms with Crippen LogP contribution in [0.1, 0.15) is 69.8 Å². The number of hydrogen-bond acceptors (Lipinski definition) is 3. The molecule has 1 aromatic rings. The SMILES string of the molecule is CCCCC(C(=O)O)N1CCC2(CCN(c3ccc(C4CC4)cc3)C2=O)CC1. The van der Waals surface area contributed by atoms with E-state index in [9.17, 15) is 14.7 Å². The average molecular weight is 385 g/mol. The number of carbonyl (C=O) groups is 2. The molecule has 152 valence electrons. The van der Waals surface area contributed by atoms with Crippen molar-refractivity contribution in [3.8, 4) is 0 Å². The number of carboxylic acids is 1. The van der Waals surface area contributed by atoms with Gasteiger partial charge < -0.3 is 10.0 Å². The van der Waals surface area contributed by atoms with E-state index in [4.69, 9.17) is 0 Å². The van der Waals surface area contributed by atoms with E-state index in [-0.39, 0.29) is 11.3 Å². The first-order valence-electron chi connectivity index (χ1n) is 10.9. The van der Waals surface area contributed by atoms with Gasteiger partial charge in [-0.15, -0.1) is 0 Å². The highest BCUT2D eigenvalue weighted by Gasteiger charge is 2.49. The first kappa shape index (κ1) is 19.4. The molecule has 5 heteroatoms. The van der Waals surface area contributed by atoms with Crippen LogP contribution in [-0.2, 0) is 9.59 Å². The van der Waals surface area contributed by atoms with Crippen LogP contribution in [0.4, 0.5) is 5.69 Å². The summed E-state index contributed by atoms with van der Waals surface area (Å²) in [7, 11) is 0. The highest BCUT2D eigenvalue weighted by atomic mass is 16.4. The van der Waals surface area contributed by atoms with Gasteiger partial charge in [0.2, 0.25) is 5.91 Å². The molecule has 1 saturated carbocycles. The second-order valence-electron chi connectivity index (χ2n) is 8.89. The lowest BCUT2D eigenvalue weighted by molar-refractivity contribution is -0.145. The van der Waals surface area contributed by atoms with Crippen molar-refractivity contribution in [1.82, 2.24) is 4.90 Å². The van der Waals surface area contributed by atoms with E-state index in [2.05, 4.69) is 36.1 Å². The maximum absolute atomic E-state index is 13.3. The molecular weight excluding hydrogens is 352 g/mol. The van der Waals surface area contributed by atoms with Gasteiger partial charge in [-0.3, -0.25) is 14.5 Å². The molecule has 2 saturated heterocycles. The van der Waals surface area contributed by atoms with Gasteiger partial charge in [0.1, 0.15) is 6.04 Å².